The Morgan fingerprint density at radius 1 is 0.846 bits per heavy atom. The number of fused-ring (bicyclic) bond motifs is 3. The standard InChI is InChI=1S/C23H15ClO2/c24-23(25)26-21(15-14-16-8-2-1-3-9-16)22-19-12-6-4-10-17(19)18-11-5-7-13-20(18)22/h1-13,21-22H. The van der Waals surface area contributed by atoms with E-state index in [1.54, 1.807) is 0 Å². The lowest BCUT2D eigenvalue weighted by Gasteiger charge is -2.20. The van der Waals surface area contributed by atoms with Gasteiger partial charge in [0.15, 0.2) is 6.10 Å². The van der Waals surface area contributed by atoms with Gasteiger partial charge in [0, 0.05) is 17.2 Å². The molecule has 0 aromatic heterocycles. The van der Waals surface area contributed by atoms with Gasteiger partial charge in [0.25, 0.3) is 0 Å². The van der Waals surface area contributed by atoms with E-state index in [1.165, 1.54) is 0 Å². The van der Waals surface area contributed by atoms with Gasteiger partial charge in [-0.1, -0.05) is 78.6 Å². The first-order valence-electron chi connectivity index (χ1n) is 8.35. The molecule has 26 heavy (non-hydrogen) atoms. The van der Waals surface area contributed by atoms with Gasteiger partial charge in [-0.15, -0.1) is 0 Å². The molecule has 3 heteroatoms. The molecule has 0 aliphatic heterocycles. The van der Waals surface area contributed by atoms with Gasteiger partial charge in [0.2, 0.25) is 0 Å². The number of halogens is 1. The van der Waals surface area contributed by atoms with Crippen LogP contribution in [0.3, 0.4) is 0 Å². The third-order valence-electron chi connectivity index (χ3n) is 4.54. The van der Waals surface area contributed by atoms with E-state index in [9.17, 15) is 4.79 Å². The smallest absolute Gasteiger partial charge is 0.405 e. The van der Waals surface area contributed by atoms with Gasteiger partial charge in [-0.3, -0.25) is 0 Å². The molecular weight excluding hydrogens is 344 g/mol. The Kier molecular flexibility index (Phi) is 4.48. The maximum absolute atomic E-state index is 11.5. The van der Waals surface area contributed by atoms with Gasteiger partial charge in [-0.05, 0) is 34.4 Å². The zero-order valence-corrected chi connectivity index (χ0v) is 14.6. The van der Waals surface area contributed by atoms with Crippen LogP contribution in [-0.4, -0.2) is 11.5 Å². The van der Waals surface area contributed by atoms with Crippen molar-refractivity contribution in [2.24, 2.45) is 0 Å². The van der Waals surface area contributed by atoms with E-state index in [0.29, 0.717) is 0 Å². The van der Waals surface area contributed by atoms with Gasteiger partial charge in [-0.2, -0.15) is 0 Å². The first kappa shape index (κ1) is 16.4. The number of carbonyl (C=O) groups excluding carboxylic acids is 1. The molecule has 0 saturated heterocycles. The maximum atomic E-state index is 11.5. The number of benzene rings is 3. The van der Waals surface area contributed by atoms with Crippen LogP contribution in [-0.2, 0) is 4.74 Å². The second kappa shape index (κ2) is 7.07. The summed E-state index contributed by atoms with van der Waals surface area (Å²) < 4.78 is 5.42. The van der Waals surface area contributed by atoms with Gasteiger partial charge >= 0.3 is 5.43 Å². The molecule has 3 aromatic rings. The van der Waals surface area contributed by atoms with Crippen molar-refractivity contribution in [2.75, 3.05) is 0 Å². The molecule has 1 aliphatic rings. The summed E-state index contributed by atoms with van der Waals surface area (Å²) in [7, 11) is 0. The van der Waals surface area contributed by atoms with Crippen LogP contribution < -0.4 is 0 Å². The van der Waals surface area contributed by atoms with Gasteiger partial charge in [-0.25, -0.2) is 4.79 Å². The molecule has 0 fully saturated rings. The summed E-state index contributed by atoms with van der Waals surface area (Å²) in [6.07, 6.45) is -0.662. The van der Waals surface area contributed by atoms with Crippen molar-refractivity contribution in [1.82, 2.24) is 0 Å². The molecule has 0 amide bonds. The van der Waals surface area contributed by atoms with Crippen LogP contribution in [0.2, 0.25) is 0 Å². The summed E-state index contributed by atoms with van der Waals surface area (Å²) in [5.74, 6) is 6.05. The summed E-state index contributed by atoms with van der Waals surface area (Å²) in [4.78, 5) is 11.5. The number of ether oxygens (including phenoxy) is 1. The van der Waals surface area contributed by atoms with E-state index >= 15 is 0 Å². The van der Waals surface area contributed by atoms with Gasteiger partial charge < -0.3 is 4.74 Å². The fourth-order valence-corrected chi connectivity index (χ4v) is 3.57. The minimum atomic E-state index is -0.848. The Bertz CT molecular complexity index is 969. The van der Waals surface area contributed by atoms with Crippen LogP contribution in [0.25, 0.3) is 11.1 Å². The van der Waals surface area contributed by atoms with E-state index in [4.69, 9.17) is 16.3 Å². The van der Waals surface area contributed by atoms with Gasteiger partial charge in [0.1, 0.15) is 0 Å². The fraction of sp³-hybridized carbons (Fsp3) is 0.0870. The first-order valence-corrected chi connectivity index (χ1v) is 8.73. The summed E-state index contributed by atoms with van der Waals surface area (Å²) in [5, 5.41) is 0. The normalized spacial score (nSPS) is 13.1. The van der Waals surface area contributed by atoms with Crippen LogP contribution in [0.4, 0.5) is 4.79 Å². The quantitative estimate of drug-likeness (QED) is 0.440. The Morgan fingerprint density at radius 3 is 1.96 bits per heavy atom. The second-order valence-electron chi connectivity index (χ2n) is 6.06. The Balaban J connectivity index is 1.81. The zero-order valence-electron chi connectivity index (χ0n) is 13.9. The molecule has 1 atom stereocenters. The molecule has 0 N–H and O–H groups in total. The highest BCUT2D eigenvalue weighted by Gasteiger charge is 2.35. The van der Waals surface area contributed by atoms with Crippen molar-refractivity contribution in [2.45, 2.75) is 12.0 Å². The van der Waals surface area contributed by atoms with E-state index in [1.807, 2.05) is 54.6 Å². The van der Waals surface area contributed by atoms with Crippen molar-refractivity contribution < 1.29 is 9.53 Å². The third-order valence-corrected chi connectivity index (χ3v) is 4.63. The predicted molar refractivity (Wildman–Crippen MR) is 103 cm³/mol. The molecule has 0 bridgehead atoms. The summed E-state index contributed by atoms with van der Waals surface area (Å²) in [6.45, 7) is 0. The maximum Gasteiger partial charge on any atom is 0.405 e. The third kappa shape index (κ3) is 3.10. The number of hydrogen-bond acceptors (Lipinski definition) is 2. The molecule has 3 aromatic carbocycles. The lowest BCUT2D eigenvalue weighted by Crippen LogP contribution is -2.21. The Hall–Kier alpha value is -3.02. The lowest BCUT2D eigenvalue weighted by atomic mass is 9.91. The van der Waals surface area contributed by atoms with Crippen molar-refractivity contribution in [3.05, 3.63) is 95.6 Å². The molecule has 0 radical (unpaired) electrons. The van der Waals surface area contributed by atoms with Crippen LogP contribution in [0.15, 0.2) is 78.9 Å². The van der Waals surface area contributed by atoms with Crippen LogP contribution in [0, 0.1) is 11.8 Å². The van der Waals surface area contributed by atoms with Crippen LogP contribution in [0.5, 0.6) is 0 Å². The monoisotopic (exact) mass is 358 g/mol. The number of hydrogen-bond donors (Lipinski definition) is 0. The molecule has 1 unspecified atom stereocenters. The van der Waals surface area contributed by atoms with Crippen molar-refractivity contribution >= 4 is 17.0 Å². The number of rotatable bonds is 2. The van der Waals surface area contributed by atoms with E-state index in [2.05, 4.69) is 36.1 Å². The van der Waals surface area contributed by atoms with E-state index in [0.717, 1.165) is 27.8 Å². The summed E-state index contributed by atoms with van der Waals surface area (Å²) in [5.41, 5.74) is 4.50. The van der Waals surface area contributed by atoms with Crippen molar-refractivity contribution in [3.8, 4) is 23.0 Å². The largest absolute Gasteiger partial charge is 0.436 e. The summed E-state index contributed by atoms with van der Waals surface area (Å²) in [6, 6.07) is 25.9. The molecular formula is C23H15ClO2. The lowest BCUT2D eigenvalue weighted by molar-refractivity contribution is 0.142. The highest BCUT2D eigenvalue weighted by atomic mass is 35.5. The minimum absolute atomic E-state index is 0.165. The topological polar surface area (TPSA) is 26.3 Å². The molecule has 0 saturated carbocycles. The molecule has 0 heterocycles. The summed E-state index contributed by atoms with van der Waals surface area (Å²) >= 11 is 5.56. The first-order chi connectivity index (χ1) is 12.7. The fourth-order valence-electron chi connectivity index (χ4n) is 3.48. The van der Waals surface area contributed by atoms with E-state index in [-0.39, 0.29) is 5.92 Å². The minimum Gasteiger partial charge on any atom is -0.436 e. The highest BCUT2D eigenvalue weighted by molar-refractivity contribution is 6.61. The van der Waals surface area contributed by atoms with Crippen LogP contribution in [0.1, 0.15) is 22.6 Å². The highest BCUT2D eigenvalue weighted by Crippen LogP contribution is 2.46. The predicted octanol–water partition coefficient (Wildman–Crippen LogP) is 5.59. The Labute approximate surface area is 157 Å². The van der Waals surface area contributed by atoms with Crippen LogP contribution >= 0.6 is 11.6 Å². The van der Waals surface area contributed by atoms with Gasteiger partial charge in [0.05, 0.1) is 5.92 Å². The van der Waals surface area contributed by atoms with Crippen molar-refractivity contribution in [1.29, 1.82) is 0 Å². The zero-order chi connectivity index (χ0) is 17.9. The molecule has 0 spiro atoms. The molecule has 4 rings (SSSR count). The molecule has 2 nitrogen and oxygen atoms in total. The SMILES string of the molecule is O=C(Cl)OC(C#Cc1ccccc1)C1c2ccccc2-c2ccccc21. The average Bonchev–Trinajstić information content (AvgIpc) is 3.00. The molecule has 1 aliphatic carbocycles. The Morgan fingerprint density at radius 2 is 1.38 bits per heavy atom. The number of carbonyl (C=O) groups is 1. The molecule has 126 valence electrons. The van der Waals surface area contributed by atoms with Crippen molar-refractivity contribution in [3.63, 3.8) is 0 Å². The van der Waals surface area contributed by atoms with E-state index < -0.39 is 11.5 Å². The average molecular weight is 359 g/mol. The second-order valence-corrected chi connectivity index (χ2v) is 6.37.